The predicted octanol–water partition coefficient (Wildman–Crippen LogP) is 2.36. The summed E-state index contributed by atoms with van der Waals surface area (Å²) >= 11 is 0. The highest BCUT2D eigenvalue weighted by atomic mass is 16.1. The third-order valence-corrected chi connectivity index (χ3v) is 3.46. The number of rotatable bonds is 6. The number of hydrogen-bond acceptors (Lipinski definition) is 3. The molecule has 1 amide bonds. The van der Waals surface area contributed by atoms with Crippen LogP contribution < -0.4 is 10.6 Å². The fraction of sp³-hybridized carbons (Fsp3) is 0.375. The first-order chi connectivity index (χ1) is 10.1. The van der Waals surface area contributed by atoms with Gasteiger partial charge in [-0.3, -0.25) is 9.48 Å². The molecule has 2 N–H and O–H groups in total. The Balaban J connectivity index is 1.97. The van der Waals surface area contributed by atoms with Gasteiger partial charge in [-0.05, 0) is 31.5 Å². The van der Waals surface area contributed by atoms with Gasteiger partial charge in [0.1, 0.15) is 0 Å². The Morgan fingerprint density at radius 2 is 2.05 bits per heavy atom. The Hall–Kier alpha value is -2.30. The summed E-state index contributed by atoms with van der Waals surface area (Å²) in [6.07, 6.45) is 4.36. The number of aryl methyl sites for hydroxylation is 1. The molecule has 5 heteroatoms. The van der Waals surface area contributed by atoms with E-state index in [-0.39, 0.29) is 11.9 Å². The summed E-state index contributed by atoms with van der Waals surface area (Å²) in [4.78, 5) is 11.3. The zero-order valence-corrected chi connectivity index (χ0v) is 12.8. The molecule has 0 aliphatic heterocycles. The van der Waals surface area contributed by atoms with Crippen molar-refractivity contribution in [2.75, 3.05) is 12.4 Å². The van der Waals surface area contributed by atoms with Gasteiger partial charge < -0.3 is 10.6 Å². The number of aromatic nitrogens is 2. The van der Waals surface area contributed by atoms with Gasteiger partial charge in [0.25, 0.3) is 0 Å². The van der Waals surface area contributed by atoms with Gasteiger partial charge in [0.2, 0.25) is 5.91 Å². The molecule has 0 radical (unpaired) electrons. The lowest BCUT2D eigenvalue weighted by Gasteiger charge is -2.14. The van der Waals surface area contributed by atoms with E-state index in [0.717, 1.165) is 23.4 Å². The minimum atomic E-state index is 0.0241. The Morgan fingerprint density at radius 3 is 2.62 bits per heavy atom. The number of carbonyl (C=O) groups is 1. The van der Waals surface area contributed by atoms with Crippen molar-refractivity contribution in [1.82, 2.24) is 15.1 Å². The van der Waals surface area contributed by atoms with Crippen LogP contribution >= 0.6 is 0 Å². The first-order valence-corrected chi connectivity index (χ1v) is 7.20. The minimum absolute atomic E-state index is 0.0241. The normalized spacial score (nSPS) is 12.0. The van der Waals surface area contributed by atoms with Crippen molar-refractivity contribution >= 4 is 11.6 Å². The molecule has 0 spiro atoms. The van der Waals surface area contributed by atoms with Gasteiger partial charge in [0, 0.05) is 31.0 Å². The van der Waals surface area contributed by atoms with E-state index in [2.05, 4.69) is 35.8 Å². The summed E-state index contributed by atoms with van der Waals surface area (Å²) in [5, 5.41) is 10.3. The monoisotopic (exact) mass is 286 g/mol. The van der Waals surface area contributed by atoms with Crippen molar-refractivity contribution in [3.8, 4) is 0 Å². The Bertz CT molecular complexity index is 589. The maximum absolute atomic E-state index is 11.3. The van der Waals surface area contributed by atoms with Crippen molar-refractivity contribution in [2.45, 2.75) is 32.9 Å². The number of nitrogens with zero attached hydrogens (tertiary/aromatic N) is 2. The van der Waals surface area contributed by atoms with Gasteiger partial charge in [-0.25, -0.2) is 0 Å². The summed E-state index contributed by atoms with van der Waals surface area (Å²) in [5.74, 6) is 0.0241. The molecule has 2 aromatic rings. The quantitative estimate of drug-likeness (QED) is 0.857. The lowest BCUT2D eigenvalue weighted by atomic mass is 10.1. The standard InChI is InChI=1S/C16H22N4O/c1-4-20-11-14(10-18-20)12(2)19-15-7-5-13(6-8-15)9-16(21)17-3/h5-8,10-12,19H,4,9H2,1-3H3,(H,17,21). The summed E-state index contributed by atoms with van der Waals surface area (Å²) in [6.45, 7) is 5.05. The lowest BCUT2D eigenvalue weighted by molar-refractivity contribution is -0.119. The van der Waals surface area contributed by atoms with Crippen LogP contribution in [0.4, 0.5) is 5.69 Å². The molecular formula is C16H22N4O. The number of amides is 1. The number of hydrogen-bond donors (Lipinski definition) is 2. The molecule has 21 heavy (non-hydrogen) atoms. The van der Waals surface area contributed by atoms with E-state index in [0.29, 0.717) is 6.42 Å². The van der Waals surface area contributed by atoms with Crippen LogP contribution in [0.2, 0.25) is 0 Å². The van der Waals surface area contributed by atoms with Crippen LogP contribution in [-0.4, -0.2) is 22.7 Å². The van der Waals surface area contributed by atoms with Crippen molar-refractivity contribution in [3.05, 3.63) is 47.8 Å². The second kappa shape index (κ2) is 6.92. The van der Waals surface area contributed by atoms with Crippen LogP contribution in [0.3, 0.4) is 0 Å². The van der Waals surface area contributed by atoms with E-state index in [9.17, 15) is 4.79 Å². The molecule has 0 aliphatic carbocycles. The molecule has 0 bridgehead atoms. The van der Waals surface area contributed by atoms with E-state index < -0.39 is 0 Å². The van der Waals surface area contributed by atoms with E-state index in [1.807, 2.05) is 35.1 Å². The molecule has 0 saturated heterocycles. The highest BCUT2D eigenvalue weighted by molar-refractivity contribution is 5.78. The smallest absolute Gasteiger partial charge is 0.224 e. The van der Waals surface area contributed by atoms with Gasteiger partial charge in [0.15, 0.2) is 0 Å². The zero-order chi connectivity index (χ0) is 15.2. The summed E-state index contributed by atoms with van der Waals surface area (Å²) < 4.78 is 1.92. The second-order valence-corrected chi connectivity index (χ2v) is 5.04. The average Bonchev–Trinajstić information content (AvgIpc) is 2.98. The largest absolute Gasteiger partial charge is 0.378 e. The summed E-state index contributed by atoms with van der Waals surface area (Å²) in [5.41, 5.74) is 3.20. The van der Waals surface area contributed by atoms with Gasteiger partial charge in [-0.15, -0.1) is 0 Å². The second-order valence-electron chi connectivity index (χ2n) is 5.04. The van der Waals surface area contributed by atoms with Crippen LogP contribution in [0.25, 0.3) is 0 Å². The molecular weight excluding hydrogens is 264 g/mol. The maximum Gasteiger partial charge on any atom is 0.224 e. The van der Waals surface area contributed by atoms with Crippen molar-refractivity contribution in [1.29, 1.82) is 0 Å². The molecule has 0 saturated carbocycles. The molecule has 1 aromatic carbocycles. The van der Waals surface area contributed by atoms with Gasteiger partial charge >= 0.3 is 0 Å². The predicted molar refractivity (Wildman–Crippen MR) is 84.2 cm³/mol. The lowest BCUT2D eigenvalue weighted by Crippen LogP contribution is -2.19. The number of likely N-dealkylation sites (N-methyl/N-ethyl adjacent to an activating group) is 1. The van der Waals surface area contributed by atoms with Crippen LogP contribution in [0.1, 0.15) is 31.0 Å². The number of benzene rings is 1. The molecule has 112 valence electrons. The van der Waals surface area contributed by atoms with Crippen LogP contribution in [0, 0.1) is 0 Å². The van der Waals surface area contributed by atoms with Gasteiger partial charge in [0.05, 0.1) is 18.7 Å². The first-order valence-electron chi connectivity index (χ1n) is 7.20. The molecule has 1 heterocycles. The summed E-state index contributed by atoms with van der Waals surface area (Å²) in [7, 11) is 1.65. The first kappa shape index (κ1) is 15.1. The third kappa shape index (κ3) is 4.08. The van der Waals surface area contributed by atoms with Crippen molar-refractivity contribution in [3.63, 3.8) is 0 Å². The molecule has 1 atom stereocenters. The SMILES string of the molecule is CCn1cc(C(C)Nc2ccc(CC(=O)NC)cc2)cn1. The Morgan fingerprint density at radius 1 is 1.33 bits per heavy atom. The minimum Gasteiger partial charge on any atom is -0.378 e. The molecule has 5 nitrogen and oxygen atoms in total. The van der Waals surface area contributed by atoms with E-state index >= 15 is 0 Å². The maximum atomic E-state index is 11.3. The number of carbonyl (C=O) groups excluding carboxylic acids is 1. The van der Waals surface area contributed by atoms with Crippen molar-refractivity contribution in [2.24, 2.45) is 0 Å². The van der Waals surface area contributed by atoms with E-state index in [1.165, 1.54) is 0 Å². The fourth-order valence-electron chi connectivity index (χ4n) is 2.10. The van der Waals surface area contributed by atoms with Crippen LogP contribution in [-0.2, 0) is 17.8 Å². The molecule has 1 aromatic heterocycles. The fourth-order valence-corrected chi connectivity index (χ4v) is 2.10. The van der Waals surface area contributed by atoms with Gasteiger partial charge in [-0.1, -0.05) is 12.1 Å². The molecule has 0 fully saturated rings. The summed E-state index contributed by atoms with van der Waals surface area (Å²) in [6, 6.07) is 8.13. The molecule has 0 aliphatic rings. The number of anilines is 1. The van der Waals surface area contributed by atoms with E-state index in [1.54, 1.807) is 7.05 Å². The number of nitrogens with one attached hydrogen (secondary N) is 2. The third-order valence-electron chi connectivity index (χ3n) is 3.46. The highest BCUT2D eigenvalue weighted by Crippen LogP contribution is 2.19. The molecule has 2 rings (SSSR count). The Labute approximate surface area is 125 Å². The zero-order valence-electron chi connectivity index (χ0n) is 12.8. The van der Waals surface area contributed by atoms with Gasteiger partial charge in [-0.2, -0.15) is 5.10 Å². The topological polar surface area (TPSA) is 59.0 Å². The molecule has 1 unspecified atom stereocenters. The highest BCUT2D eigenvalue weighted by Gasteiger charge is 2.08. The van der Waals surface area contributed by atoms with Crippen molar-refractivity contribution < 1.29 is 4.79 Å². The average molecular weight is 286 g/mol. The Kier molecular flexibility index (Phi) is 4.98. The van der Waals surface area contributed by atoms with Crippen LogP contribution in [0.15, 0.2) is 36.7 Å². The van der Waals surface area contributed by atoms with Crippen LogP contribution in [0.5, 0.6) is 0 Å². The van der Waals surface area contributed by atoms with E-state index in [4.69, 9.17) is 0 Å².